The van der Waals surface area contributed by atoms with E-state index in [1.165, 1.54) is 0 Å². The molecule has 3 aromatic carbocycles. The molecule has 3 heterocycles. The van der Waals surface area contributed by atoms with E-state index < -0.39 is 16.3 Å². The van der Waals surface area contributed by atoms with Crippen molar-refractivity contribution in [2.45, 2.75) is 52.0 Å². The SMILES string of the molecule is CCN(CC)c1ccc(C2(c3ccc(N(CC)CC)cc3[SH](=O)=O)Oc3ccc(C)cc3-c3cc4ccccn4c32)c(C)c1. The molecule has 0 radical (unpaired) electrons. The summed E-state index contributed by atoms with van der Waals surface area (Å²) < 4.78 is 36.0. The maximum atomic E-state index is 13.2. The first-order chi connectivity index (χ1) is 21.3. The van der Waals surface area contributed by atoms with Crippen LogP contribution in [-0.4, -0.2) is 39.0 Å². The van der Waals surface area contributed by atoms with Gasteiger partial charge >= 0.3 is 0 Å². The molecule has 1 unspecified atom stereocenters. The Morgan fingerprint density at radius 3 is 2.02 bits per heavy atom. The number of aryl methyl sites for hydroxylation is 2. The van der Waals surface area contributed by atoms with Crippen LogP contribution in [0.5, 0.6) is 5.75 Å². The first-order valence-corrected chi connectivity index (χ1v) is 16.8. The number of pyridine rings is 1. The molecule has 0 fully saturated rings. The lowest BCUT2D eigenvalue weighted by Crippen LogP contribution is -2.41. The minimum atomic E-state index is -2.96. The highest BCUT2D eigenvalue weighted by atomic mass is 32.2. The van der Waals surface area contributed by atoms with Gasteiger partial charge in [-0.05, 0) is 102 Å². The molecule has 0 spiro atoms. The maximum absolute atomic E-state index is 13.2. The monoisotopic (exact) mass is 607 g/mol. The predicted octanol–water partition coefficient (Wildman–Crippen LogP) is 7.57. The average Bonchev–Trinajstić information content (AvgIpc) is 3.43. The molecule has 0 bridgehead atoms. The molecule has 5 aromatic rings. The van der Waals surface area contributed by atoms with Gasteiger partial charge in [-0.2, -0.15) is 0 Å². The van der Waals surface area contributed by atoms with Crippen molar-refractivity contribution in [2.24, 2.45) is 0 Å². The van der Waals surface area contributed by atoms with Crippen LogP contribution in [0.1, 0.15) is 55.6 Å². The Morgan fingerprint density at radius 1 is 0.727 bits per heavy atom. The number of anilines is 2. The van der Waals surface area contributed by atoms with Crippen LogP contribution in [0.3, 0.4) is 0 Å². The van der Waals surface area contributed by atoms with E-state index in [9.17, 15) is 8.42 Å². The summed E-state index contributed by atoms with van der Waals surface area (Å²) in [5, 5.41) is 0. The third kappa shape index (κ3) is 4.65. The fraction of sp³-hybridized carbons (Fsp3) is 0.297. The van der Waals surface area contributed by atoms with Gasteiger partial charge in [0.15, 0.2) is 10.7 Å². The zero-order chi connectivity index (χ0) is 31.2. The van der Waals surface area contributed by atoms with Crippen molar-refractivity contribution in [3.05, 3.63) is 113 Å². The van der Waals surface area contributed by atoms with Crippen LogP contribution in [-0.2, 0) is 16.3 Å². The lowest BCUT2D eigenvalue weighted by atomic mass is 9.76. The average molecular weight is 608 g/mol. The van der Waals surface area contributed by atoms with Crippen molar-refractivity contribution in [3.8, 4) is 16.9 Å². The number of rotatable bonds is 9. The van der Waals surface area contributed by atoms with Crippen molar-refractivity contribution in [2.75, 3.05) is 36.0 Å². The van der Waals surface area contributed by atoms with Crippen molar-refractivity contribution in [1.29, 1.82) is 0 Å². The molecule has 1 atom stereocenters. The summed E-state index contributed by atoms with van der Waals surface area (Å²) in [4.78, 5) is 4.75. The van der Waals surface area contributed by atoms with E-state index in [2.05, 4.69) is 98.2 Å². The van der Waals surface area contributed by atoms with Gasteiger partial charge in [-0.25, -0.2) is 8.42 Å². The second kappa shape index (κ2) is 11.7. The van der Waals surface area contributed by atoms with Crippen molar-refractivity contribution in [1.82, 2.24) is 4.40 Å². The Morgan fingerprint density at radius 2 is 1.39 bits per heavy atom. The van der Waals surface area contributed by atoms with Gasteiger partial charge < -0.3 is 18.9 Å². The summed E-state index contributed by atoms with van der Waals surface area (Å²) in [6.45, 7) is 16.0. The summed E-state index contributed by atoms with van der Waals surface area (Å²) >= 11 is 0. The van der Waals surface area contributed by atoms with Gasteiger partial charge in [-0.3, -0.25) is 0 Å². The summed E-state index contributed by atoms with van der Waals surface area (Å²) in [6, 6.07) is 26.9. The number of thiol groups is 1. The molecule has 1 aliphatic rings. The zero-order valence-corrected chi connectivity index (χ0v) is 27.3. The molecule has 7 heteroatoms. The van der Waals surface area contributed by atoms with E-state index >= 15 is 0 Å². The normalized spacial score (nSPS) is 15.6. The summed E-state index contributed by atoms with van der Waals surface area (Å²) in [5.41, 5.74) is 8.41. The van der Waals surface area contributed by atoms with E-state index in [1.807, 2.05) is 42.6 Å². The molecule has 0 aliphatic carbocycles. The van der Waals surface area contributed by atoms with E-state index in [0.29, 0.717) is 5.56 Å². The maximum Gasteiger partial charge on any atom is 0.201 e. The van der Waals surface area contributed by atoms with Crippen molar-refractivity contribution < 1.29 is 13.2 Å². The number of ether oxygens (including phenoxy) is 1. The highest BCUT2D eigenvalue weighted by Crippen LogP contribution is 2.54. The quantitative estimate of drug-likeness (QED) is 0.175. The lowest BCUT2D eigenvalue weighted by Gasteiger charge is -2.42. The van der Waals surface area contributed by atoms with E-state index in [4.69, 9.17) is 4.74 Å². The first kappa shape index (κ1) is 29.8. The number of aromatic nitrogens is 1. The van der Waals surface area contributed by atoms with Crippen LogP contribution in [0.2, 0.25) is 0 Å². The molecule has 0 saturated heterocycles. The van der Waals surface area contributed by atoms with Crippen LogP contribution in [0, 0.1) is 13.8 Å². The molecule has 44 heavy (non-hydrogen) atoms. The largest absolute Gasteiger partial charge is 0.471 e. The molecular weight excluding hydrogens is 566 g/mol. The Bertz CT molecular complexity index is 1930. The zero-order valence-electron chi connectivity index (χ0n) is 26.4. The molecule has 0 saturated carbocycles. The topological polar surface area (TPSA) is 54.3 Å². The van der Waals surface area contributed by atoms with Crippen LogP contribution in [0.15, 0.2) is 90.0 Å². The van der Waals surface area contributed by atoms with Gasteiger partial charge in [0.1, 0.15) is 5.75 Å². The molecular formula is C37H41N3O3S. The molecule has 6 rings (SSSR count). The molecule has 228 valence electrons. The van der Waals surface area contributed by atoms with Gasteiger partial charge in [0, 0.05) is 71.5 Å². The summed E-state index contributed by atoms with van der Waals surface area (Å²) in [7, 11) is -2.96. The molecule has 0 N–H and O–H groups in total. The second-order valence-corrected chi connectivity index (χ2v) is 12.5. The molecule has 6 nitrogen and oxygen atoms in total. The molecule has 0 amide bonds. The number of nitrogens with zero attached hydrogens (tertiary/aromatic N) is 3. The van der Waals surface area contributed by atoms with Crippen LogP contribution < -0.4 is 14.5 Å². The Kier molecular flexibility index (Phi) is 7.93. The molecule has 1 aliphatic heterocycles. The minimum Gasteiger partial charge on any atom is -0.471 e. The van der Waals surface area contributed by atoms with Gasteiger partial charge in [-0.1, -0.05) is 29.8 Å². The standard InChI is InChI=1S/C37H41N3O3S/c1-7-38(8-2)27-15-17-32(26(6)22-27)37(33-18-16-28(39(9-3)10-4)24-35(33)44(41)42)36-31(23-29-13-11-12-20-40(29)36)30-21-25(5)14-19-34(30)43-37/h11-24,44H,7-10H2,1-6H3. The van der Waals surface area contributed by atoms with E-state index in [0.717, 1.165) is 82.3 Å². The fourth-order valence-corrected chi connectivity index (χ4v) is 7.60. The third-order valence-corrected chi connectivity index (χ3v) is 9.87. The van der Waals surface area contributed by atoms with Crippen LogP contribution >= 0.6 is 0 Å². The minimum absolute atomic E-state index is 0.268. The van der Waals surface area contributed by atoms with Crippen LogP contribution in [0.4, 0.5) is 11.4 Å². The number of hydrogen-bond acceptors (Lipinski definition) is 5. The van der Waals surface area contributed by atoms with Crippen molar-refractivity contribution >= 4 is 27.6 Å². The number of benzene rings is 3. The van der Waals surface area contributed by atoms with E-state index in [1.54, 1.807) is 0 Å². The summed E-state index contributed by atoms with van der Waals surface area (Å²) in [5.74, 6) is 0.728. The Hall–Kier alpha value is -4.23. The van der Waals surface area contributed by atoms with Crippen molar-refractivity contribution in [3.63, 3.8) is 0 Å². The number of hydrogen-bond donors (Lipinski definition) is 1. The highest BCUT2D eigenvalue weighted by Gasteiger charge is 2.49. The smallest absolute Gasteiger partial charge is 0.201 e. The fourth-order valence-electron chi connectivity index (χ4n) is 6.94. The van der Waals surface area contributed by atoms with E-state index in [-0.39, 0.29) is 4.90 Å². The lowest BCUT2D eigenvalue weighted by molar-refractivity contribution is 0.142. The number of fused-ring (bicyclic) bond motifs is 5. The summed E-state index contributed by atoms with van der Waals surface area (Å²) in [6.07, 6.45) is 2.05. The Balaban J connectivity index is 1.77. The van der Waals surface area contributed by atoms with Crippen LogP contribution in [0.25, 0.3) is 16.6 Å². The van der Waals surface area contributed by atoms with Gasteiger partial charge in [0.25, 0.3) is 0 Å². The van der Waals surface area contributed by atoms with Gasteiger partial charge in [0.05, 0.1) is 10.6 Å². The molecule has 2 aromatic heterocycles. The second-order valence-electron chi connectivity index (χ2n) is 11.5. The highest BCUT2D eigenvalue weighted by molar-refractivity contribution is 7.72. The first-order valence-electron chi connectivity index (χ1n) is 15.6. The Labute approximate surface area is 262 Å². The third-order valence-electron chi connectivity index (χ3n) is 9.11. The van der Waals surface area contributed by atoms with Gasteiger partial charge in [0.2, 0.25) is 5.60 Å². The van der Waals surface area contributed by atoms with Gasteiger partial charge in [-0.15, -0.1) is 0 Å². The predicted molar refractivity (Wildman–Crippen MR) is 181 cm³/mol.